The van der Waals surface area contributed by atoms with Crippen LogP contribution in [0.3, 0.4) is 0 Å². The molecule has 0 bridgehead atoms. The molecule has 1 aromatic heterocycles. The Morgan fingerprint density at radius 1 is 1.43 bits per heavy atom. The van der Waals surface area contributed by atoms with Crippen LogP contribution >= 0.6 is 0 Å². The molecule has 1 aromatic carbocycles. The summed E-state index contributed by atoms with van der Waals surface area (Å²) in [7, 11) is 0. The number of aromatic nitrogens is 1. The van der Waals surface area contributed by atoms with Crippen LogP contribution < -0.4 is 5.73 Å². The molecule has 0 fully saturated rings. The van der Waals surface area contributed by atoms with Crippen LogP contribution in [-0.2, 0) is 6.54 Å². The minimum absolute atomic E-state index is 0.208. The molecule has 14 heavy (non-hydrogen) atoms. The summed E-state index contributed by atoms with van der Waals surface area (Å²) in [5, 5.41) is 9.41. The van der Waals surface area contributed by atoms with Gasteiger partial charge in [0, 0.05) is 17.7 Å². The first-order valence-corrected chi connectivity index (χ1v) is 4.22. The Labute approximate surface area is 81.0 Å². The third-order valence-electron chi connectivity index (χ3n) is 2.03. The Hall–Kier alpha value is -1.81. The lowest BCUT2D eigenvalue weighted by Crippen LogP contribution is -1.96. The van der Waals surface area contributed by atoms with E-state index in [9.17, 15) is 5.11 Å². The highest BCUT2D eigenvalue weighted by molar-refractivity contribution is 5.60. The van der Waals surface area contributed by atoms with E-state index < -0.39 is 0 Å². The van der Waals surface area contributed by atoms with Crippen molar-refractivity contribution in [2.24, 2.45) is 5.73 Å². The molecule has 4 heteroatoms. The van der Waals surface area contributed by atoms with E-state index >= 15 is 0 Å². The van der Waals surface area contributed by atoms with Crippen LogP contribution in [0.2, 0.25) is 0 Å². The molecule has 0 aliphatic rings. The monoisotopic (exact) mass is 190 g/mol. The maximum Gasteiger partial charge on any atom is 0.181 e. The highest BCUT2D eigenvalue weighted by atomic mass is 16.3. The van der Waals surface area contributed by atoms with Crippen molar-refractivity contribution in [2.75, 3.05) is 0 Å². The van der Waals surface area contributed by atoms with Gasteiger partial charge in [-0.3, -0.25) is 0 Å². The molecule has 0 saturated heterocycles. The molecule has 2 rings (SSSR count). The fourth-order valence-corrected chi connectivity index (χ4v) is 1.26. The van der Waals surface area contributed by atoms with E-state index in [1.807, 2.05) is 0 Å². The summed E-state index contributed by atoms with van der Waals surface area (Å²) in [6, 6.07) is 5.17. The van der Waals surface area contributed by atoms with Crippen molar-refractivity contribution < 1.29 is 9.52 Å². The van der Waals surface area contributed by atoms with E-state index in [-0.39, 0.29) is 5.75 Å². The van der Waals surface area contributed by atoms with E-state index in [4.69, 9.17) is 10.2 Å². The molecule has 0 atom stereocenters. The Morgan fingerprint density at radius 3 is 2.93 bits per heavy atom. The van der Waals surface area contributed by atoms with E-state index in [0.29, 0.717) is 12.1 Å². The third kappa shape index (κ3) is 1.47. The molecule has 0 radical (unpaired) electrons. The zero-order valence-electron chi connectivity index (χ0n) is 7.47. The van der Waals surface area contributed by atoms with Crippen LogP contribution in [0.5, 0.6) is 5.75 Å². The number of hydrogen-bond acceptors (Lipinski definition) is 4. The van der Waals surface area contributed by atoms with Gasteiger partial charge in [0.15, 0.2) is 6.39 Å². The Morgan fingerprint density at radius 2 is 2.29 bits per heavy atom. The fourth-order valence-electron chi connectivity index (χ4n) is 1.26. The minimum Gasteiger partial charge on any atom is -0.508 e. The van der Waals surface area contributed by atoms with Gasteiger partial charge in [-0.1, -0.05) is 0 Å². The lowest BCUT2D eigenvalue weighted by Gasteiger charge is -2.03. The van der Waals surface area contributed by atoms with Crippen molar-refractivity contribution in [1.82, 2.24) is 4.98 Å². The van der Waals surface area contributed by atoms with Crippen molar-refractivity contribution in [1.29, 1.82) is 0 Å². The van der Waals surface area contributed by atoms with Gasteiger partial charge in [0.25, 0.3) is 0 Å². The molecule has 72 valence electrons. The SMILES string of the molecule is NCc1cc(-c2cocn2)ccc1O. The molecule has 0 unspecified atom stereocenters. The average molecular weight is 190 g/mol. The Kier molecular flexibility index (Phi) is 2.20. The van der Waals surface area contributed by atoms with Gasteiger partial charge in [-0.25, -0.2) is 4.98 Å². The minimum atomic E-state index is 0.208. The second-order valence-corrected chi connectivity index (χ2v) is 2.92. The molecule has 0 aliphatic heterocycles. The summed E-state index contributed by atoms with van der Waals surface area (Å²) >= 11 is 0. The van der Waals surface area contributed by atoms with Gasteiger partial charge in [0.05, 0.1) is 0 Å². The first-order chi connectivity index (χ1) is 6.81. The summed E-state index contributed by atoms with van der Waals surface area (Å²) in [4.78, 5) is 4.00. The number of rotatable bonds is 2. The number of aromatic hydroxyl groups is 1. The normalized spacial score (nSPS) is 10.4. The van der Waals surface area contributed by atoms with Crippen molar-refractivity contribution in [3.63, 3.8) is 0 Å². The number of phenolic OH excluding ortho intramolecular Hbond substituents is 1. The van der Waals surface area contributed by atoms with E-state index in [1.54, 1.807) is 24.5 Å². The van der Waals surface area contributed by atoms with E-state index in [1.165, 1.54) is 6.39 Å². The molecule has 2 aromatic rings. The highest BCUT2D eigenvalue weighted by Gasteiger charge is 2.04. The summed E-state index contributed by atoms with van der Waals surface area (Å²) in [6.45, 7) is 0.303. The number of nitrogens with zero attached hydrogens (tertiary/aromatic N) is 1. The van der Waals surface area contributed by atoms with Crippen LogP contribution in [0.4, 0.5) is 0 Å². The number of oxazole rings is 1. The maximum atomic E-state index is 9.41. The summed E-state index contributed by atoms with van der Waals surface area (Å²) < 4.78 is 4.87. The van der Waals surface area contributed by atoms with Gasteiger partial charge < -0.3 is 15.3 Å². The topological polar surface area (TPSA) is 72.3 Å². The summed E-state index contributed by atoms with van der Waals surface area (Å²) in [5.41, 5.74) is 7.79. The quantitative estimate of drug-likeness (QED) is 0.752. The maximum absolute atomic E-state index is 9.41. The zero-order chi connectivity index (χ0) is 9.97. The van der Waals surface area contributed by atoms with Gasteiger partial charge in [0.1, 0.15) is 17.7 Å². The molecule has 3 N–H and O–H groups in total. The molecule has 4 nitrogen and oxygen atoms in total. The predicted molar refractivity (Wildman–Crippen MR) is 51.5 cm³/mol. The first kappa shape index (κ1) is 8.77. The van der Waals surface area contributed by atoms with E-state index in [0.717, 1.165) is 11.3 Å². The second kappa shape index (κ2) is 3.51. The molecule has 1 heterocycles. The highest BCUT2D eigenvalue weighted by Crippen LogP contribution is 2.24. The van der Waals surface area contributed by atoms with Gasteiger partial charge in [0.2, 0.25) is 0 Å². The largest absolute Gasteiger partial charge is 0.508 e. The Balaban J connectivity index is 2.46. The van der Waals surface area contributed by atoms with Crippen LogP contribution in [0.25, 0.3) is 11.3 Å². The molecule has 0 aliphatic carbocycles. The van der Waals surface area contributed by atoms with Crippen molar-refractivity contribution in [3.05, 3.63) is 36.4 Å². The average Bonchev–Trinajstić information content (AvgIpc) is 2.71. The molecule has 0 saturated carbocycles. The Bertz CT molecular complexity index is 424. The smallest absolute Gasteiger partial charge is 0.181 e. The van der Waals surface area contributed by atoms with Crippen LogP contribution in [0, 0.1) is 0 Å². The molecule has 0 amide bonds. The standard InChI is InChI=1S/C10H10N2O2/c11-4-8-3-7(1-2-10(8)13)9-5-14-6-12-9/h1-3,5-6,13H,4,11H2. The van der Waals surface area contributed by atoms with Crippen molar-refractivity contribution >= 4 is 0 Å². The van der Waals surface area contributed by atoms with Gasteiger partial charge in [-0.15, -0.1) is 0 Å². The first-order valence-electron chi connectivity index (χ1n) is 4.22. The van der Waals surface area contributed by atoms with Gasteiger partial charge in [-0.05, 0) is 18.2 Å². The summed E-state index contributed by atoms with van der Waals surface area (Å²) in [5.74, 6) is 0.208. The molecule has 0 spiro atoms. The lowest BCUT2D eigenvalue weighted by atomic mass is 10.1. The lowest BCUT2D eigenvalue weighted by molar-refractivity contribution is 0.468. The van der Waals surface area contributed by atoms with Crippen LogP contribution in [0.15, 0.2) is 35.3 Å². The van der Waals surface area contributed by atoms with Crippen molar-refractivity contribution in [3.8, 4) is 17.0 Å². The van der Waals surface area contributed by atoms with Crippen LogP contribution in [-0.4, -0.2) is 10.1 Å². The zero-order valence-corrected chi connectivity index (χ0v) is 7.47. The van der Waals surface area contributed by atoms with Crippen molar-refractivity contribution in [2.45, 2.75) is 6.54 Å². The predicted octanol–water partition coefficient (Wildman–Crippen LogP) is 1.51. The van der Waals surface area contributed by atoms with Crippen LogP contribution in [0.1, 0.15) is 5.56 Å². The number of phenols is 1. The third-order valence-corrected chi connectivity index (χ3v) is 2.03. The number of nitrogens with two attached hydrogens (primary N) is 1. The van der Waals surface area contributed by atoms with Gasteiger partial charge >= 0.3 is 0 Å². The second-order valence-electron chi connectivity index (χ2n) is 2.92. The fraction of sp³-hybridized carbons (Fsp3) is 0.100. The van der Waals surface area contributed by atoms with E-state index in [2.05, 4.69) is 4.98 Å². The number of benzene rings is 1. The molecular formula is C10H10N2O2. The van der Waals surface area contributed by atoms with Gasteiger partial charge in [-0.2, -0.15) is 0 Å². The molecular weight excluding hydrogens is 180 g/mol. The summed E-state index contributed by atoms with van der Waals surface area (Å²) in [6.07, 6.45) is 2.91. The number of hydrogen-bond donors (Lipinski definition) is 2.